The molecule has 0 aliphatic heterocycles. The molecule has 2 aromatic rings. The predicted octanol–water partition coefficient (Wildman–Crippen LogP) is 3.64. The minimum absolute atomic E-state index is 0.566. The van der Waals surface area contributed by atoms with Crippen molar-refractivity contribution in [3.63, 3.8) is 0 Å². The Morgan fingerprint density at radius 3 is 2.50 bits per heavy atom. The lowest BCUT2D eigenvalue weighted by atomic mass is 10.1. The minimum atomic E-state index is 0.566. The lowest BCUT2D eigenvalue weighted by Gasteiger charge is -1.99. The normalized spacial score (nSPS) is 9.65. The number of aryl methyl sites for hydroxylation is 1. The molecule has 0 saturated heterocycles. The van der Waals surface area contributed by atoms with Gasteiger partial charge in [0, 0.05) is 17.3 Å². The van der Waals surface area contributed by atoms with E-state index in [1.54, 1.807) is 12.1 Å². The second-order valence-corrected chi connectivity index (χ2v) is 4.65. The highest BCUT2D eigenvalue weighted by atomic mass is 16.1. The molecule has 0 spiro atoms. The summed E-state index contributed by atoms with van der Waals surface area (Å²) in [5.74, 6) is 6.08. The zero-order chi connectivity index (χ0) is 14.2. The van der Waals surface area contributed by atoms with Crippen molar-refractivity contribution in [2.75, 3.05) is 0 Å². The fourth-order valence-corrected chi connectivity index (χ4v) is 1.82. The van der Waals surface area contributed by atoms with Crippen LogP contribution in [0.3, 0.4) is 0 Å². The van der Waals surface area contributed by atoms with Crippen LogP contribution in [0.2, 0.25) is 0 Å². The van der Waals surface area contributed by atoms with Crippen LogP contribution >= 0.6 is 0 Å². The monoisotopic (exact) mass is 263 g/mol. The Hall–Kier alpha value is -2.40. The first-order valence-corrected chi connectivity index (χ1v) is 6.84. The van der Waals surface area contributed by atoms with Gasteiger partial charge in [-0.15, -0.1) is 0 Å². The van der Waals surface area contributed by atoms with Crippen molar-refractivity contribution in [1.29, 1.82) is 0 Å². The molecule has 100 valence electrons. The van der Waals surface area contributed by atoms with Gasteiger partial charge >= 0.3 is 0 Å². The maximum atomic E-state index is 10.5. The van der Waals surface area contributed by atoms with E-state index in [2.05, 4.69) is 35.9 Å². The molecule has 0 unspecified atom stereocenters. The molecule has 1 heterocycles. The van der Waals surface area contributed by atoms with Crippen LogP contribution < -0.4 is 0 Å². The van der Waals surface area contributed by atoms with Crippen molar-refractivity contribution >= 4 is 6.29 Å². The van der Waals surface area contributed by atoms with Crippen molar-refractivity contribution in [3.8, 4) is 11.8 Å². The zero-order valence-corrected chi connectivity index (χ0v) is 11.6. The molecule has 0 amide bonds. The average Bonchev–Trinajstić information content (AvgIpc) is 2.52. The maximum absolute atomic E-state index is 10.5. The summed E-state index contributed by atoms with van der Waals surface area (Å²) in [6, 6.07) is 11.8. The topological polar surface area (TPSA) is 30.0 Å². The van der Waals surface area contributed by atoms with Gasteiger partial charge < -0.3 is 0 Å². The molecule has 1 aromatic heterocycles. The Kier molecular flexibility index (Phi) is 5.08. The minimum Gasteiger partial charge on any atom is -0.298 e. The van der Waals surface area contributed by atoms with Gasteiger partial charge in [-0.1, -0.05) is 31.4 Å². The lowest BCUT2D eigenvalue weighted by Crippen LogP contribution is -1.86. The van der Waals surface area contributed by atoms with Crippen LogP contribution in [-0.4, -0.2) is 11.3 Å². The maximum Gasteiger partial charge on any atom is 0.151 e. The van der Waals surface area contributed by atoms with Gasteiger partial charge in [0.1, 0.15) is 5.69 Å². The fraction of sp³-hybridized carbons (Fsp3) is 0.222. The van der Waals surface area contributed by atoms with Crippen molar-refractivity contribution in [2.24, 2.45) is 0 Å². The van der Waals surface area contributed by atoms with Crippen LogP contribution in [-0.2, 0) is 6.42 Å². The lowest BCUT2D eigenvalue weighted by molar-refractivity contribution is 0.112. The summed E-state index contributed by atoms with van der Waals surface area (Å²) in [5, 5.41) is 0. The third kappa shape index (κ3) is 4.07. The Bertz CT molecular complexity index is 615. The molecule has 20 heavy (non-hydrogen) atoms. The number of pyridine rings is 1. The molecule has 0 aliphatic rings. The molecule has 2 nitrogen and oxygen atoms in total. The average molecular weight is 263 g/mol. The number of carbonyl (C=O) groups excluding carboxylic acids is 1. The molecule has 1 aromatic carbocycles. The number of rotatable bonds is 4. The molecule has 0 saturated carbocycles. The van der Waals surface area contributed by atoms with E-state index in [4.69, 9.17) is 0 Å². The van der Waals surface area contributed by atoms with E-state index >= 15 is 0 Å². The van der Waals surface area contributed by atoms with Crippen LogP contribution in [0.15, 0.2) is 42.6 Å². The number of unbranched alkanes of at least 4 members (excludes halogenated alkanes) is 1. The van der Waals surface area contributed by atoms with Crippen molar-refractivity contribution < 1.29 is 4.79 Å². The number of nitrogens with zero attached hydrogens (tertiary/aromatic N) is 1. The number of carbonyl (C=O) groups is 1. The van der Waals surface area contributed by atoms with Gasteiger partial charge in [0.05, 0.1) is 0 Å². The van der Waals surface area contributed by atoms with Crippen LogP contribution in [0.4, 0.5) is 0 Å². The van der Waals surface area contributed by atoms with Gasteiger partial charge in [-0.2, -0.15) is 0 Å². The smallest absolute Gasteiger partial charge is 0.151 e. The van der Waals surface area contributed by atoms with Crippen LogP contribution in [0.5, 0.6) is 0 Å². The van der Waals surface area contributed by atoms with E-state index in [-0.39, 0.29) is 0 Å². The molecule has 0 N–H and O–H groups in total. The van der Waals surface area contributed by atoms with E-state index in [1.165, 1.54) is 24.6 Å². The highest BCUT2D eigenvalue weighted by Crippen LogP contribution is 2.07. The number of aromatic nitrogens is 1. The summed E-state index contributed by atoms with van der Waals surface area (Å²) in [6.07, 6.45) is 5.87. The Balaban J connectivity index is 2.05. The van der Waals surface area contributed by atoms with Gasteiger partial charge in [0.25, 0.3) is 0 Å². The fourth-order valence-electron chi connectivity index (χ4n) is 1.82. The Morgan fingerprint density at radius 1 is 1.10 bits per heavy atom. The summed E-state index contributed by atoms with van der Waals surface area (Å²) in [5.41, 5.74) is 3.57. The number of hydrogen-bond donors (Lipinski definition) is 0. The first kappa shape index (κ1) is 14.0. The molecule has 0 atom stereocenters. The SMILES string of the molecule is CCCCc1ccc(C#Cc2ccc(C=O)cn2)cc1. The highest BCUT2D eigenvalue weighted by Gasteiger charge is 1.93. The Morgan fingerprint density at radius 2 is 1.90 bits per heavy atom. The highest BCUT2D eigenvalue weighted by molar-refractivity contribution is 5.74. The van der Waals surface area contributed by atoms with E-state index in [1.807, 2.05) is 12.1 Å². The quantitative estimate of drug-likeness (QED) is 0.622. The van der Waals surface area contributed by atoms with E-state index in [0.29, 0.717) is 11.3 Å². The van der Waals surface area contributed by atoms with Crippen LogP contribution in [0.25, 0.3) is 0 Å². The second-order valence-electron chi connectivity index (χ2n) is 4.65. The zero-order valence-electron chi connectivity index (χ0n) is 11.6. The molecule has 2 rings (SSSR count). The van der Waals surface area contributed by atoms with Crippen LogP contribution in [0, 0.1) is 11.8 Å². The van der Waals surface area contributed by atoms with Crippen molar-refractivity contribution in [3.05, 3.63) is 65.0 Å². The summed E-state index contributed by atoms with van der Waals surface area (Å²) >= 11 is 0. The molecule has 0 aliphatic carbocycles. The standard InChI is InChI=1S/C18H17NO/c1-2-3-4-15-5-7-16(8-6-15)9-11-18-12-10-17(14-20)13-19-18/h5-8,10,12-14H,2-4H2,1H3. The summed E-state index contributed by atoms with van der Waals surface area (Å²) < 4.78 is 0. The number of aldehydes is 1. The molecule has 0 radical (unpaired) electrons. The van der Waals surface area contributed by atoms with Gasteiger partial charge in [0.2, 0.25) is 0 Å². The van der Waals surface area contributed by atoms with Crippen molar-refractivity contribution in [1.82, 2.24) is 4.98 Å². The van der Waals surface area contributed by atoms with E-state index in [9.17, 15) is 4.79 Å². The van der Waals surface area contributed by atoms with E-state index < -0.39 is 0 Å². The summed E-state index contributed by atoms with van der Waals surface area (Å²) in [4.78, 5) is 14.6. The molecule has 0 bridgehead atoms. The molecule has 2 heteroatoms. The number of benzene rings is 1. The first-order chi connectivity index (χ1) is 9.81. The van der Waals surface area contributed by atoms with Crippen molar-refractivity contribution in [2.45, 2.75) is 26.2 Å². The summed E-state index contributed by atoms with van der Waals surface area (Å²) in [6.45, 7) is 2.20. The molecular weight excluding hydrogens is 246 g/mol. The van der Waals surface area contributed by atoms with Gasteiger partial charge in [0.15, 0.2) is 6.29 Å². The second kappa shape index (κ2) is 7.25. The van der Waals surface area contributed by atoms with Gasteiger partial charge in [-0.3, -0.25) is 4.79 Å². The Labute approximate surface area is 119 Å². The summed E-state index contributed by atoms with van der Waals surface area (Å²) in [7, 11) is 0. The third-order valence-corrected chi connectivity index (χ3v) is 3.03. The number of hydrogen-bond acceptors (Lipinski definition) is 2. The van der Waals surface area contributed by atoms with Crippen LogP contribution in [0.1, 0.15) is 46.9 Å². The largest absolute Gasteiger partial charge is 0.298 e. The van der Waals surface area contributed by atoms with E-state index in [0.717, 1.165) is 18.3 Å². The first-order valence-electron chi connectivity index (χ1n) is 6.84. The van der Waals surface area contributed by atoms with Gasteiger partial charge in [-0.25, -0.2) is 4.98 Å². The third-order valence-electron chi connectivity index (χ3n) is 3.03. The van der Waals surface area contributed by atoms with Gasteiger partial charge in [-0.05, 0) is 48.6 Å². The predicted molar refractivity (Wildman–Crippen MR) is 80.7 cm³/mol. The molecular formula is C18H17NO. The molecule has 0 fully saturated rings.